The van der Waals surface area contributed by atoms with Crippen molar-refractivity contribution < 1.29 is 4.79 Å². The minimum atomic E-state index is 0.0310. The van der Waals surface area contributed by atoms with E-state index in [0.717, 1.165) is 42.9 Å². The second kappa shape index (κ2) is 6.90. The summed E-state index contributed by atoms with van der Waals surface area (Å²) in [7, 11) is 0. The van der Waals surface area contributed by atoms with Crippen LogP contribution in [0.3, 0.4) is 0 Å². The van der Waals surface area contributed by atoms with Crippen molar-refractivity contribution in [2.75, 3.05) is 0 Å². The van der Waals surface area contributed by atoms with Gasteiger partial charge in [0.2, 0.25) is 5.91 Å². The standard InChI is InChI=1S/C22H28N6O/c1-4-5-14-11(2)18-16(24-20(14)15-10-23-26-12(15)3)8-9-17-19(18)21(28-27-17)25-22(29)13-6-7-13/h8-10,13,17,19-20,24,27H,4-7H2,1-3H3,(H,23,26)(H,25,28,29). The number of aromatic nitrogens is 2. The van der Waals surface area contributed by atoms with Crippen LogP contribution < -0.4 is 16.1 Å². The van der Waals surface area contributed by atoms with Gasteiger partial charge in [-0.15, -0.1) is 0 Å². The second-order valence-corrected chi connectivity index (χ2v) is 8.51. The third-order valence-corrected chi connectivity index (χ3v) is 6.49. The number of dihydropyridines is 1. The van der Waals surface area contributed by atoms with E-state index in [-0.39, 0.29) is 29.8 Å². The van der Waals surface area contributed by atoms with Gasteiger partial charge in [-0.25, -0.2) is 0 Å². The number of amides is 1. The van der Waals surface area contributed by atoms with Crippen molar-refractivity contribution in [3.8, 4) is 0 Å². The van der Waals surface area contributed by atoms with Gasteiger partial charge in [-0.1, -0.05) is 19.4 Å². The lowest BCUT2D eigenvalue weighted by Crippen LogP contribution is -2.43. The summed E-state index contributed by atoms with van der Waals surface area (Å²) in [5.74, 6) is 1.05. The number of rotatable bonds is 4. The van der Waals surface area contributed by atoms with Gasteiger partial charge in [0, 0.05) is 22.9 Å². The topological polar surface area (TPSA) is 94.2 Å². The van der Waals surface area contributed by atoms with Gasteiger partial charge in [-0.2, -0.15) is 10.2 Å². The first-order chi connectivity index (χ1) is 14.1. The van der Waals surface area contributed by atoms with Crippen molar-refractivity contribution in [1.82, 2.24) is 26.3 Å². The van der Waals surface area contributed by atoms with Crippen LogP contribution in [-0.2, 0) is 4.79 Å². The summed E-state index contributed by atoms with van der Waals surface area (Å²) in [6.45, 7) is 6.50. The molecule has 0 saturated heterocycles. The number of fused-ring (bicyclic) bond motifs is 2. The van der Waals surface area contributed by atoms with Gasteiger partial charge in [0.05, 0.1) is 24.2 Å². The molecule has 1 aromatic heterocycles. The summed E-state index contributed by atoms with van der Waals surface area (Å²) in [5, 5.41) is 18.7. The SMILES string of the molecule is CCCC1=C(C)C2=C(C=CC3NN=C(NC(=O)C4CC4)C23)NC1c1cn[nH]c1C. The monoisotopic (exact) mass is 392 g/mol. The van der Waals surface area contributed by atoms with Gasteiger partial charge in [0.1, 0.15) is 5.84 Å². The summed E-state index contributed by atoms with van der Waals surface area (Å²) in [6.07, 6.45) is 10.3. The molecule has 0 spiro atoms. The van der Waals surface area contributed by atoms with Gasteiger partial charge >= 0.3 is 0 Å². The summed E-state index contributed by atoms with van der Waals surface area (Å²) < 4.78 is 0. The van der Waals surface area contributed by atoms with Gasteiger partial charge in [-0.3, -0.25) is 9.89 Å². The van der Waals surface area contributed by atoms with Crippen LogP contribution in [0.15, 0.2) is 45.9 Å². The molecule has 1 saturated carbocycles. The van der Waals surface area contributed by atoms with Crippen molar-refractivity contribution in [2.45, 2.75) is 58.5 Å². The van der Waals surface area contributed by atoms with E-state index in [9.17, 15) is 4.79 Å². The molecule has 3 atom stereocenters. The summed E-state index contributed by atoms with van der Waals surface area (Å²) in [4.78, 5) is 12.4. The van der Waals surface area contributed by atoms with E-state index in [1.165, 1.54) is 22.3 Å². The van der Waals surface area contributed by atoms with Crippen molar-refractivity contribution in [3.05, 3.63) is 52.0 Å². The van der Waals surface area contributed by atoms with E-state index in [4.69, 9.17) is 0 Å². The fourth-order valence-electron chi connectivity index (χ4n) is 4.78. The molecule has 7 heteroatoms. The quantitative estimate of drug-likeness (QED) is 0.634. The highest BCUT2D eigenvalue weighted by atomic mass is 16.2. The first-order valence-corrected chi connectivity index (χ1v) is 10.6. The molecule has 3 heterocycles. The molecule has 1 aromatic rings. The van der Waals surface area contributed by atoms with Crippen LogP contribution >= 0.6 is 0 Å². The summed E-state index contributed by atoms with van der Waals surface area (Å²) in [6, 6.07) is 0.194. The summed E-state index contributed by atoms with van der Waals surface area (Å²) >= 11 is 0. The van der Waals surface area contributed by atoms with Gasteiger partial charge in [-0.05, 0) is 55.9 Å². The van der Waals surface area contributed by atoms with Crippen LogP contribution in [0.4, 0.5) is 0 Å². The van der Waals surface area contributed by atoms with Crippen LogP contribution in [0.2, 0.25) is 0 Å². The van der Waals surface area contributed by atoms with Crippen molar-refractivity contribution >= 4 is 11.7 Å². The molecule has 0 aromatic carbocycles. The number of allylic oxidation sites excluding steroid dienone is 2. The lowest BCUT2D eigenvalue weighted by atomic mass is 9.75. The van der Waals surface area contributed by atoms with E-state index in [0.29, 0.717) is 0 Å². The molecule has 4 N–H and O–H groups in total. The number of H-pyrrole nitrogens is 1. The Morgan fingerprint density at radius 2 is 2.14 bits per heavy atom. The van der Waals surface area contributed by atoms with Crippen LogP contribution in [0.5, 0.6) is 0 Å². The minimum Gasteiger partial charge on any atom is -0.374 e. The first-order valence-electron chi connectivity index (χ1n) is 10.6. The highest BCUT2D eigenvalue weighted by Gasteiger charge is 2.42. The molecular formula is C22H28N6O. The molecule has 2 aliphatic carbocycles. The number of hydrazone groups is 1. The Hall–Kier alpha value is -2.83. The summed E-state index contributed by atoms with van der Waals surface area (Å²) in [5.41, 5.74) is 10.6. The smallest absolute Gasteiger partial charge is 0.228 e. The maximum Gasteiger partial charge on any atom is 0.228 e. The van der Waals surface area contributed by atoms with E-state index < -0.39 is 0 Å². The Kier molecular flexibility index (Phi) is 4.33. The zero-order valence-electron chi connectivity index (χ0n) is 17.2. The van der Waals surface area contributed by atoms with E-state index in [2.05, 4.69) is 64.3 Å². The maximum atomic E-state index is 12.4. The van der Waals surface area contributed by atoms with E-state index >= 15 is 0 Å². The molecule has 7 nitrogen and oxygen atoms in total. The molecule has 1 amide bonds. The fourth-order valence-corrected chi connectivity index (χ4v) is 4.78. The predicted octanol–water partition coefficient (Wildman–Crippen LogP) is 2.73. The number of hydrogen-bond acceptors (Lipinski definition) is 5. The second-order valence-electron chi connectivity index (χ2n) is 8.51. The number of carbonyl (C=O) groups is 1. The number of hydrogen-bond donors (Lipinski definition) is 4. The first kappa shape index (κ1) is 18.2. The molecule has 4 aliphatic rings. The van der Waals surface area contributed by atoms with Crippen LogP contribution in [0.1, 0.15) is 56.8 Å². The lowest BCUT2D eigenvalue weighted by molar-refractivity contribution is -0.120. The zero-order valence-corrected chi connectivity index (χ0v) is 17.2. The van der Waals surface area contributed by atoms with Gasteiger partial charge in [0.25, 0.3) is 0 Å². The molecule has 0 radical (unpaired) electrons. The van der Waals surface area contributed by atoms with Crippen LogP contribution in [0, 0.1) is 18.8 Å². The Morgan fingerprint density at radius 3 is 2.83 bits per heavy atom. The molecule has 3 unspecified atom stereocenters. The number of aromatic amines is 1. The highest BCUT2D eigenvalue weighted by Crippen LogP contribution is 2.43. The number of nitrogens with zero attached hydrogens (tertiary/aromatic N) is 2. The zero-order chi connectivity index (χ0) is 20.1. The minimum absolute atomic E-state index is 0.0310. The van der Waals surface area contributed by atoms with E-state index in [1.54, 1.807) is 0 Å². The molecule has 2 aliphatic heterocycles. The molecule has 29 heavy (non-hydrogen) atoms. The predicted molar refractivity (Wildman–Crippen MR) is 112 cm³/mol. The molecule has 0 bridgehead atoms. The largest absolute Gasteiger partial charge is 0.374 e. The Labute approximate surface area is 170 Å². The lowest BCUT2D eigenvalue weighted by Gasteiger charge is -2.37. The average molecular weight is 393 g/mol. The third-order valence-electron chi connectivity index (χ3n) is 6.49. The Morgan fingerprint density at radius 1 is 1.31 bits per heavy atom. The van der Waals surface area contributed by atoms with Gasteiger partial charge in [0.15, 0.2) is 0 Å². The van der Waals surface area contributed by atoms with Crippen molar-refractivity contribution in [1.29, 1.82) is 0 Å². The highest BCUT2D eigenvalue weighted by molar-refractivity contribution is 6.03. The van der Waals surface area contributed by atoms with Crippen molar-refractivity contribution in [3.63, 3.8) is 0 Å². The van der Waals surface area contributed by atoms with E-state index in [1.807, 2.05) is 6.20 Å². The maximum absolute atomic E-state index is 12.4. The molecule has 1 fully saturated rings. The number of nitrogens with one attached hydrogen (secondary N) is 4. The number of carbonyl (C=O) groups excluding carboxylic acids is 1. The number of aryl methyl sites for hydroxylation is 1. The molecule has 5 rings (SSSR count). The molecule has 152 valence electrons. The molecular weight excluding hydrogens is 364 g/mol. The Balaban J connectivity index is 1.52. The average Bonchev–Trinajstić information content (AvgIpc) is 3.37. The normalized spacial score (nSPS) is 27.8. The fraction of sp³-hybridized carbons (Fsp3) is 0.500. The third kappa shape index (κ3) is 2.99. The van der Waals surface area contributed by atoms with Crippen molar-refractivity contribution in [2.24, 2.45) is 16.9 Å². The van der Waals surface area contributed by atoms with Crippen LogP contribution in [-0.4, -0.2) is 28.0 Å². The number of amidine groups is 1. The van der Waals surface area contributed by atoms with Crippen LogP contribution in [0.25, 0.3) is 0 Å². The Bertz CT molecular complexity index is 977. The van der Waals surface area contributed by atoms with Gasteiger partial charge < -0.3 is 16.1 Å².